The van der Waals surface area contributed by atoms with Gasteiger partial charge in [-0.3, -0.25) is 4.68 Å². The van der Waals surface area contributed by atoms with Crippen molar-refractivity contribution in [2.45, 2.75) is 39.0 Å². The number of nitrogens with one attached hydrogen (secondary N) is 1. The van der Waals surface area contributed by atoms with Crippen LogP contribution in [-0.4, -0.2) is 36.1 Å². The Morgan fingerprint density at radius 2 is 2.42 bits per heavy atom. The van der Waals surface area contributed by atoms with Crippen LogP contribution in [0.4, 0.5) is 0 Å². The molecule has 1 N–H and O–H groups in total. The van der Waals surface area contributed by atoms with E-state index in [4.69, 9.17) is 4.74 Å². The van der Waals surface area contributed by atoms with Crippen LogP contribution in [0.2, 0.25) is 0 Å². The Balaban J connectivity index is 1.89. The minimum absolute atomic E-state index is 0.323. The van der Waals surface area contributed by atoms with E-state index in [1.807, 2.05) is 17.9 Å². The maximum atomic E-state index is 5.75. The summed E-state index contributed by atoms with van der Waals surface area (Å²) in [4.78, 5) is 0. The van der Waals surface area contributed by atoms with E-state index in [-0.39, 0.29) is 0 Å². The van der Waals surface area contributed by atoms with Gasteiger partial charge >= 0.3 is 0 Å². The fraction of sp³-hybridized carbons (Fsp3) is 0.800. The number of ether oxygens (including phenoxy) is 1. The third-order valence-electron chi connectivity index (χ3n) is 4.03. The third-order valence-corrected chi connectivity index (χ3v) is 4.03. The van der Waals surface area contributed by atoms with Gasteiger partial charge in [0.05, 0.1) is 12.8 Å². The van der Waals surface area contributed by atoms with Gasteiger partial charge in [0.2, 0.25) is 0 Å². The number of hydrogen-bond donors (Lipinski definition) is 1. The fourth-order valence-corrected chi connectivity index (χ4v) is 2.88. The van der Waals surface area contributed by atoms with E-state index in [1.54, 1.807) is 0 Å². The Kier molecular flexibility index (Phi) is 5.40. The van der Waals surface area contributed by atoms with Crippen LogP contribution < -0.4 is 5.32 Å². The second kappa shape index (κ2) is 7.06. The first kappa shape index (κ1) is 14.5. The van der Waals surface area contributed by atoms with Crippen molar-refractivity contribution in [2.24, 2.45) is 12.5 Å². The van der Waals surface area contributed by atoms with E-state index in [2.05, 4.69) is 23.5 Å². The zero-order valence-corrected chi connectivity index (χ0v) is 12.3. The molecule has 1 aliphatic heterocycles. The van der Waals surface area contributed by atoms with Gasteiger partial charge in [0.1, 0.15) is 0 Å². The molecule has 19 heavy (non-hydrogen) atoms. The molecule has 0 amide bonds. The van der Waals surface area contributed by atoms with E-state index in [1.165, 1.54) is 31.2 Å². The van der Waals surface area contributed by atoms with Crippen molar-refractivity contribution in [3.63, 3.8) is 0 Å². The van der Waals surface area contributed by atoms with Crippen molar-refractivity contribution in [1.82, 2.24) is 15.1 Å². The monoisotopic (exact) mass is 265 g/mol. The molecule has 1 aliphatic rings. The molecule has 1 atom stereocenters. The van der Waals surface area contributed by atoms with Gasteiger partial charge in [0.25, 0.3) is 0 Å². The molecule has 1 saturated heterocycles. The predicted molar refractivity (Wildman–Crippen MR) is 77.2 cm³/mol. The maximum absolute atomic E-state index is 5.75. The Hall–Kier alpha value is -0.870. The molecule has 4 heteroatoms. The molecule has 0 aliphatic carbocycles. The lowest BCUT2D eigenvalue weighted by Gasteiger charge is -2.37. The lowest BCUT2D eigenvalue weighted by atomic mass is 9.77. The van der Waals surface area contributed by atoms with E-state index in [9.17, 15) is 0 Å². The number of hydrogen-bond acceptors (Lipinski definition) is 3. The van der Waals surface area contributed by atoms with Gasteiger partial charge < -0.3 is 10.1 Å². The Morgan fingerprint density at radius 3 is 3.05 bits per heavy atom. The summed E-state index contributed by atoms with van der Waals surface area (Å²) in [5.74, 6) is 0. The molecule has 0 saturated carbocycles. The van der Waals surface area contributed by atoms with Gasteiger partial charge in [-0.1, -0.05) is 6.92 Å². The summed E-state index contributed by atoms with van der Waals surface area (Å²) in [5.41, 5.74) is 1.66. The van der Waals surface area contributed by atoms with E-state index < -0.39 is 0 Å². The molecule has 1 unspecified atom stereocenters. The Labute approximate surface area is 116 Å². The number of aromatic nitrogens is 2. The summed E-state index contributed by atoms with van der Waals surface area (Å²) in [5, 5.41) is 7.83. The largest absolute Gasteiger partial charge is 0.381 e. The van der Waals surface area contributed by atoms with Crippen LogP contribution in [-0.2, 0) is 18.2 Å². The van der Waals surface area contributed by atoms with Crippen LogP contribution in [0.15, 0.2) is 12.4 Å². The highest BCUT2D eigenvalue weighted by Gasteiger charge is 2.32. The molecular weight excluding hydrogens is 238 g/mol. The van der Waals surface area contributed by atoms with Crippen LogP contribution >= 0.6 is 0 Å². The van der Waals surface area contributed by atoms with Crippen molar-refractivity contribution < 1.29 is 4.74 Å². The molecule has 0 aromatic carbocycles. The fourth-order valence-electron chi connectivity index (χ4n) is 2.88. The standard InChI is InChI=1S/C15H27N3O/c1-3-8-16-12-15(6-4-9-19-13-15)7-5-14-10-17-18(2)11-14/h10-11,16H,3-9,12-13H2,1-2H3. The molecule has 4 nitrogen and oxygen atoms in total. The smallest absolute Gasteiger partial charge is 0.0534 e. The highest BCUT2D eigenvalue weighted by atomic mass is 16.5. The van der Waals surface area contributed by atoms with E-state index >= 15 is 0 Å². The molecule has 2 heterocycles. The molecular formula is C15H27N3O. The normalized spacial score (nSPS) is 23.7. The van der Waals surface area contributed by atoms with Crippen LogP contribution in [0.1, 0.15) is 38.2 Å². The molecule has 0 radical (unpaired) electrons. The van der Waals surface area contributed by atoms with Crippen LogP contribution in [0.25, 0.3) is 0 Å². The molecule has 108 valence electrons. The SMILES string of the molecule is CCCNCC1(CCc2cnn(C)c2)CCCOC1. The Morgan fingerprint density at radius 1 is 1.53 bits per heavy atom. The average Bonchev–Trinajstić information content (AvgIpc) is 2.84. The second-order valence-electron chi connectivity index (χ2n) is 5.86. The summed E-state index contributed by atoms with van der Waals surface area (Å²) in [6.45, 7) is 6.24. The topological polar surface area (TPSA) is 39.1 Å². The van der Waals surface area contributed by atoms with Crippen LogP contribution in [0.5, 0.6) is 0 Å². The Bertz CT molecular complexity index is 369. The van der Waals surface area contributed by atoms with Gasteiger partial charge in [-0.25, -0.2) is 0 Å². The van der Waals surface area contributed by atoms with Crippen molar-refractivity contribution in [2.75, 3.05) is 26.3 Å². The lowest BCUT2D eigenvalue weighted by molar-refractivity contribution is -0.0117. The zero-order valence-electron chi connectivity index (χ0n) is 12.3. The average molecular weight is 265 g/mol. The number of nitrogens with zero attached hydrogens (tertiary/aromatic N) is 2. The first-order valence-electron chi connectivity index (χ1n) is 7.50. The van der Waals surface area contributed by atoms with Crippen molar-refractivity contribution >= 4 is 0 Å². The zero-order chi connectivity index (χ0) is 13.6. The lowest BCUT2D eigenvalue weighted by Crippen LogP contribution is -2.41. The van der Waals surface area contributed by atoms with E-state index in [0.29, 0.717) is 5.41 Å². The second-order valence-corrected chi connectivity index (χ2v) is 5.86. The summed E-state index contributed by atoms with van der Waals surface area (Å²) < 4.78 is 7.63. The summed E-state index contributed by atoms with van der Waals surface area (Å²) in [6, 6.07) is 0. The van der Waals surface area contributed by atoms with Crippen LogP contribution in [0.3, 0.4) is 0 Å². The molecule has 1 aromatic heterocycles. The van der Waals surface area contributed by atoms with Gasteiger partial charge in [0, 0.05) is 31.8 Å². The minimum Gasteiger partial charge on any atom is -0.381 e. The maximum Gasteiger partial charge on any atom is 0.0534 e. The minimum atomic E-state index is 0.323. The highest BCUT2D eigenvalue weighted by molar-refractivity contribution is 5.05. The first-order chi connectivity index (χ1) is 9.24. The molecule has 2 rings (SSSR count). The van der Waals surface area contributed by atoms with E-state index in [0.717, 1.165) is 32.7 Å². The summed E-state index contributed by atoms with van der Waals surface area (Å²) in [6.07, 6.45) is 10.1. The molecule has 0 spiro atoms. The number of aryl methyl sites for hydroxylation is 2. The predicted octanol–water partition coefficient (Wildman–Crippen LogP) is 2.15. The first-order valence-corrected chi connectivity index (χ1v) is 7.50. The third kappa shape index (κ3) is 4.32. The van der Waals surface area contributed by atoms with Crippen molar-refractivity contribution in [3.8, 4) is 0 Å². The molecule has 1 aromatic rings. The summed E-state index contributed by atoms with van der Waals surface area (Å²) in [7, 11) is 1.98. The molecule has 1 fully saturated rings. The van der Waals surface area contributed by atoms with Crippen LogP contribution in [0, 0.1) is 5.41 Å². The number of rotatable bonds is 7. The van der Waals surface area contributed by atoms with Gasteiger partial charge in [-0.15, -0.1) is 0 Å². The quantitative estimate of drug-likeness (QED) is 0.768. The van der Waals surface area contributed by atoms with Crippen molar-refractivity contribution in [3.05, 3.63) is 18.0 Å². The van der Waals surface area contributed by atoms with Gasteiger partial charge in [-0.2, -0.15) is 5.10 Å². The summed E-state index contributed by atoms with van der Waals surface area (Å²) >= 11 is 0. The van der Waals surface area contributed by atoms with Gasteiger partial charge in [-0.05, 0) is 44.2 Å². The van der Waals surface area contributed by atoms with Gasteiger partial charge in [0.15, 0.2) is 0 Å². The van der Waals surface area contributed by atoms with Crippen molar-refractivity contribution in [1.29, 1.82) is 0 Å². The highest BCUT2D eigenvalue weighted by Crippen LogP contribution is 2.33. The molecule has 0 bridgehead atoms.